The van der Waals surface area contributed by atoms with Gasteiger partial charge in [0.15, 0.2) is 11.5 Å². The van der Waals surface area contributed by atoms with E-state index in [-0.39, 0.29) is 6.10 Å². The Balaban J connectivity index is 2.75. The standard InChI is InChI=1S/C15H17ClO3/c1-9(2)19-13-8-14(17-3)15(18-4)12-7-10(16)5-6-11(12)13/h5-9H,1-4H3. The van der Waals surface area contributed by atoms with E-state index in [1.807, 2.05) is 38.1 Å². The maximum absolute atomic E-state index is 6.06. The van der Waals surface area contributed by atoms with E-state index in [1.165, 1.54) is 0 Å². The quantitative estimate of drug-likeness (QED) is 0.836. The zero-order valence-corrected chi connectivity index (χ0v) is 12.2. The third kappa shape index (κ3) is 2.71. The van der Waals surface area contributed by atoms with Gasteiger partial charge in [-0.25, -0.2) is 0 Å². The van der Waals surface area contributed by atoms with Crippen LogP contribution in [-0.4, -0.2) is 20.3 Å². The van der Waals surface area contributed by atoms with Crippen molar-refractivity contribution in [2.24, 2.45) is 0 Å². The van der Waals surface area contributed by atoms with Gasteiger partial charge in [0.1, 0.15) is 5.75 Å². The lowest BCUT2D eigenvalue weighted by molar-refractivity contribution is 0.244. The lowest BCUT2D eigenvalue weighted by Gasteiger charge is -2.17. The SMILES string of the molecule is COc1cc(OC(C)C)c2ccc(Cl)cc2c1OC. The fraction of sp³-hybridized carbons (Fsp3) is 0.333. The normalized spacial score (nSPS) is 10.8. The van der Waals surface area contributed by atoms with E-state index < -0.39 is 0 Å². The summed E-state index contributed by atoms with van der Waals surface area (Å²) in [6.07, 6.45) is 0.0805. The van der Waals surface area contributed by atoms with Crippen molar-refractivity contribution in [3.8, 4) is 17.2 Å². The molecular weight excluding hydrogens is 264 g/mol. The highest BCUT2D eigenvalue weighted by molar-refractivity contribution is 6.31. The average molecular weight is 281 g/mol. The van der Waals surface area contributed by atoms with Crippen LogP contribution in [0, 0.1) is 0 Å². The van der Waals surface area contributed by atoms with E-state index in [1.54, 1.807) is 14.2 Å². The number of hydrogen-bond acceptors (Lipinski definition) is 3. The monoisotopic (exact) mass is 280 g/mol. The van der Waals surface area contributed by atoms with E-state index >= 15 is 0 Å². The third-order valence-corrected chi connectivity index (χ3v) is 3.00. The number of ether oxygens (including phenoxy) is 3. The van der Waals surface area contributed by atoms with Gasteiger partial charge in [-0.15, -0.1) is 0 Å². The van der Waals surface area contributed by atoms with Crippen LogP contribution in [0.2, 0.25) is 5.02 Å². The van der Waals surface area contributed by atoms with Crippen molar-refractivity contribution in [2.45, 2.75) is 20.0 Å². The summed E-state index contributed by atoms with van der Waals surface area (Å²) < 4.78 is 16.6. The second kappa shape index (κ2) is 5.57. The molecular formula is C15H17ClO3. The molecule has 0 unspecified atom stereocenters. The maximum atomic E-state index is 6.06. The van der Waals surface area contributed by atoms with Gasteiger partial charge in [0.05, 0.1) is 20.3 Å². The first-order chi connectivity index (χ1) is 9.06. The van der Waals surface area contributed by atoms with Gasteiger partial charge in [0, 0.05) is 21.9 Å². The Morgan fingerprint density at radius 2 is 1.68 bits per heavy atom. The van der Waals surface area contributed by atoms with Crippen LogP contribution in [0.1, 0.15) is 13.8 Å². The molecule has 19 heavy (non-hydrogen) atoms. The molecule has 4 heteroatoms. The lowest BCUT2D eigenvalue weighted by Crippen LogP contribution is -2.06. The first-order valence-electron chi connectivity index (χ1n) is 6.07. The number of hydrogen-bond donors (Lipinski definition) is 0. The van der Waals surface area contributed by atoms with Gasteiger partial charge in [0.25, 0.3) is 0 Å². The van der Waals surface area contributed by atoms with Gasteiger partial charge in [-0.05, 0) is 32.0 Å². The fourth-order valence-electron chi connectivity index (χ4n) is 2.03. The lowest BCUT2D eigenvalue weighted by atomic mass is 10.1. The van der Waals surface area contributed by atoms with Crippen LogP contribution in [0.4, 0.5) is 0 Å². The number of benzene rings is 2. The Morgan fingerprint density at radius 3 is 2.26 bits per heavy atom. The van der Waals surface area contributed by atoms with Crippen molar-refractivity contribution < 1.29 is 14.2 Å². The molecule has 0 aliphatic carbocycles. The molecule has 0 saturated heterocycles. The molecule has 0 bridgehead atoms. The van der Waals surface area contributed by atoms with Crippen molar-refractivity contribution in [1.82, 2.24) is 0 Å². The van der Waals surface area contributed by atoms with Gasteiger partial charge in [-0.2, -0.15) is 0 Å². The topological polar surface area (TPSA) is 27.7 Å². The molecule has 0 aromatic heterocycles. The molecule has 0 fully saturated rings. The van der Waals surface area contributed by atoms with Crippen LogP contribution in [-0.2, 0) is 0 Å². The zero-order chi connectivity index (χ0) is 14.0. The van der Waals surface area contributed by atoms with Gasteiger partial charge in [0.2, 0.25) is 0 Å². The first-order valence-corrected chi connectivity index (χ1v) is 6.45. The predicted molar refractivity (Wildman–Crippen MR) is 77.8 cm³/mol. The second-order valence-corrected chi connectivity index (χ2v) is 4.90. The van der Waals surface area contributed by atoms with Crippen molar-refractivity contribution in [3.05, 3.63) is 29.3 Å². The summed E-state index contributed by atoms with van der Waals surface area (Å²) in [7, 11) is 3.22. The van der Waals surface area contributed by atoms with E-state index in [0.29, 0.717) is 16.5 Å². The van der Waals surface area contributed by atoms with Crippen LogP contribution in [0.3, 0.4) is 0 Å². The minimum absolute atomic E-state index is 0.0805. The first kappa shape index (κ1) is 13.8. The molecule has 0 amide bonds. The number of rotatable bonds is 4. The summed E-state index contributed by atoms with van der Waals surface area (Å²) in [5.74, 6) is 2.06. The van der Waals surface area contributed by atoms with Gasteiger partial charge in [-0.1, -0.05) is 11.6 Å². The Hall–Kier alpha value is -1.61. The molecule has 0 N–H and O–H groups in total. The largest absolute Gasteiger partial charge is 0.493 e. The van der Waals surface area contributed by atoms with E-state index in [2.05, 4.69) is 0 Å². The summed E-state index contributed by atoms with van der Waals surface area (Å²) in [5, 5.41) is 2.48. The van der Waals surface area contributed by atoms with Crippen molar-refractivity contribution in [2.75, 3.05) is 14.2 Å². The number of fused-ring (bicyclic) bond motifs is 1. The molecule has 2 aromatic carbocycles. The van der Waals surface area contributed by atoms with Crippen LogP contribution in [0.25, 0.3) is 10.8 Å². The minimum Gasteiger partial charge on any atom is -0.493 e. The van der Waals surface area contributed by atoms with Gasteiger partial charge in [-0.3, -0.25) is 0 Å². The second-order valence-electron chi connectivity index (χ2n) is 4.47. The molecule has 0 radical (unpaired) electrons. The molecule has 0 aliphatic rings. The average Bonchev–Trinajstić information content (AvgIpc) is 2.37. The molecule has 0 aliphatic heterocycles. The molecule has 0 atom stereocenters. The van der Waals surface area contributed by atoms with Crippen molar-refractivity contribution in [1.29, 1.82) is 0 Å². The third-order valence-electron chi connectivity index (χ3n) is 2.76. The molecule has 3 nitrogen and oxygen atoms in total. The van der Waals surface area contributed by atoms with Crippen LogP contribution in [0.15, 0.2) is 24.3 Å². The molecule has 0 saturated carbocycles. The molecule has 2 aromatic rings. The highest BCUT2D eigenvalue weighted by Crippen LogP contribution is 2.42. The van der Waals surface area contributed by atoms with E-state index in [4.69, 9.17) is 25.8 Å². The zero-order valence-electron chi connectivity index (χ0n) is 11.5. The maximum Gasteiger partial charge on any atom is 0.168 e. The summed E-state index contributed by atoms with van der Waals surface area (Å²) >= 11 is 6.06. The number of halogens is 1. The van der Waals surface area contributed by atoms with Gasteiger partial charge < -0.3 is 14.2 Å². The van der Waals surface area contributed by atoms with Crippen LogP contribution in [0.5, 0.6) is 17.2 Å². The van der Waals surface area contributed by atoms with Crippen LogP contribution < -0.4 is 14.2 Å². The molecule has 0 heterocycles. The van der Waals surface area contributed by atoms with Crippen molar-refractivity contribution in [3.63, 3.8) is 0 Å². The van der Waals surface area contributed by atoms with Crippen LogP contribution >= 0.6 is 11.6 Å². The fourth-order valence-corrected chi connectivity index (χ4v) is 2.20. The summed E-state index contributed by atoms with van der Waals surface area (Å²) in [6, 6.07) is 7.46. The minimum atomic E-state index is 0.0805. The van der Waals surface area contributed by atoms with E-state index in [0.717, 1.165) is 16.5 Å². The summed E-state index contributed by atoms with van der Waals surface area (Å²) in [4.78, 5) is 0. The van der Waals surface area contributed by atoms with E-state index in [9.17, 15) is 0 Å². The molecule has 0 spiro atoms. The molecule has 102 valence electrons. The Kier molecular flexibility index (Phi) is 4.05. The summed E-state index contributed by atoms with van der Waals surface area (Å²) in [6.45, 7) is 3.97. The predicted octanol–water partition coefficient (Wildman–Crippen LogP) is 4.30. The number of methoxy groups -OCH3 is 2. The molecule has 2 rings (SSSR count). The Bertz CT molecular complexity index is 593. The van der Waals surface area contributed by atoms with Crippen molar-refractivity contribution >= 4 is 22.4 Å². The summed E-state index contributed by atoms with van der Waals surface area (Å²) in [5.41, 5.74) is 0. The highest BCUT2D eigenvalue weighted by atomic mass is 35.5. The smallest absolute Gasteiger partial charge is 0.168 e. The Morgan fingerprint density at radius 1 is 0.947 bits per heavy atom. The van der Waals surface area contributed by atoms with Gasteiger partial charge >= 0.3 is 0 Å². The highest BCUT2D eigenvalue weighted by Gasteiger charge is 2.15. The Labute approximate surface area is 118 Å².